The van der Waals surface area contributed by atoms with E-state index in [2.05, 4.69) is 28.3 Å². The Morgan fingerprint density at radius 1 is 1.30 bits per heavy atom. The molecule has 0 aliphatic rings. The molecule has 2 aromatic heterocycles. The third kappa shape index (κ3) is 2.64. The number of unbranched alkanes of at least 4 members (excludes halogenated alkanes) is 1. The molecule has 0 N–H and O–H groups in total. The van der Waals surface area contributed by atoms with E-state index < -0.39 is 0 Å². The molecule has 0 fully saturated rings. The molecule has 3 rings (SSSR count). The Hall–Kier alpha value is -2.37. The molecule has 1 aromatic carbocycles. The Balaban J connectivity index is 1.83. The van der Waals surface area contributed by atoms with Crippen LogP contribution in [0.3, 0.4) is 0 Å². The van der Waals surface area contributed by atoms with E-state index >= 15 is 0 Å². The molecule has 0 spiro atoms. The molecule has 0 saturated heterocycles. The number of benzene rings is 1. The van der Waals surface area contributed by atoms with Gasteiger partial charge in [-0.2, -0.15) is 0 Å². The summed E-state index contributed by atoms with van der Waals surface area (Å²) < 4.78 is 2.02. The van der Waals surface area contributed by atoms with Crippen LogP contribution in [0.15, 0.2) is 36.9 Å². The second-order valence-electron chi connectivity index (χ2n) is 4.71. The fourth-order valence-electron chi connectivity index (χ4n) is 2.02. The van der Waals surface area contributed by atoms with Crippen molar-refractivity contribution in [2.75, 3.05) is 6.61 Å². The predicted molar refractivity (Wildman–Crippen MR) is 75.2 cm³/mol. The van der Waals surface area contributed by atoms with Crippen LogP contribution in [0.1, 0.15) is 25.3 Å². The van der Waals surface area contributed by atoms with Crippen molar-refractivity contribution in [3.05, 3.63) is 42.5 Å². The van der Waals surface area contributed by atoms with Crippen LogP contribution >= 0.6 is 0 Å². The summed E-state index contributed by atoms with van der Waals surface area (Å²) in [6.07, 6.45) is 7.63. The van der Waals surface area contributed by atoms with E-state index in [1.165, 1.54) is 4.85 Å². The quantitative estimate of drug-likeness (QED) is 0.643. The van der Waals surface area contributed by atoms with E-state index in [1.807, 2.05) is 22.9 Å². The molecule has 2 heterocycles. The third-order valence-electron chi connectivity index (χ3n) is 3.12. The van der Waals surface area contributed by atoms with Gasteiger partial charge in [-0.25, -0.2) is 4.98 Å². The fourth-order valence-corrected chi connectivity index (χ4v) is 2.02. The van der Waals surface area contributed by atoms with Crippen molar-refractivity contribution in [3.63, 3.8) is 0 Å². The second kappa shape index (κ2) is 5.73. The molecule has 0 saturated carbocycles. The molecule has 0 unspecified atom stereocenters. The highest BCUT2D eigenvalue weighted by Gasteiger charge is 2.06. The van der Waals surface area contributed by atoms with Crippen LogP contribution in [-0.4, -0.2) is 31.3 Å². The Kier molecular flexibility index (Phi) is 3.62. The lowest BCUT2D eigenvalue weighted by atomic mass is 10.2. The van der Waals surface area contributed by atoms with Gasteiger partial charge in [0.15, 0.2) is 0 Å². The topological polar surface area (TPSA) is 57.8 Å². The highest BCUT2D eigenvalue weighted by molar-refractivity contribution is 5.74. The standard InChI is InChI=1S/C14H17N5O/c1-2-3-8-20-19-14-9-12(4-5-13(14)16-17-19)10-18-7-6-15-11-18/h4-7,9,11H,2-3,8,10H2,1H3. The smallest absolute Gasteiger partial charge is 0.131 e. The van der Waals surface area contributed by atoms with E-state index in [4.69, 9.17) is 4.84 Å². The van der Waals surface area contributed by atoms with Crippen LogP contribution in [-0.2, 0) is 6.54 Å². The minimum atomic E-state index is 0.653. The van der Waals surface area contributed by atoms with Gasteiger partial charge in [0.25, 0.3) is 0 Å². The van der Waals surface area contributed by atoms with Gasteiger partial charge in [0.05, 0.1) is 6.33 Å². The summed E-state index contributed by atoms with van der Waals surface area (Å²) in [5.74, 6) is 0. The molecule has 0 atom stereocenters. The van der Waals surface area contributed by atoms with Gasteiger partial charge >= 0.3 is 0 Å². The summed E-state index contributed by atoms with van der Waals surface area (Å²) in [6.45, 7) is 3.56. The summed E-state index contributed by atoms with van der Waals surface area (Å²) in [6, 6.07) is 6.07. The van der Waals surface area contributed by atoms with Gasteiger partial charge in [0, 0.05) is 18.9 Å². The number of aromatic nitrogens is 5. The summed E-state index contributed by atoms with van der Waals surface area (Å²) in [5.41, 5.74) is 2.91. The zero-order valence-electron chi connectivity index (χ0n) is 11.4. The first kappa shape index (κ1) is 12.7. The van der Waals surface area contributed by atoms with Gasteiger partial charge < -0.3 is 9.40 Å². The average Bonchev–Trinajstić information content (AvgIpc) is 3.09. The number of hydrogen-bond donors (Lipinski definition) is 0. The summed E-state index contributed by atoms with van der Waals surface area (Å²) in [7, 11) is 0. The monoisotopic (exact) mass is 271 g/mol. The van der Waals surface area contributed by atoms with Crippen molar-refractivity contribution < 1.29 is 4.84 Å². The van der Waals surface area contributed by atoms with Gasteiger partial charge in [-0.05, 0) is 29.3 Å². The van der Waals surface area contributed by atoms with E-state index in [0.29, 0.717) is 6.61 Å². The number of nitrogens with zero attached hydrogens (tertiary/aromatic N) is 5. The maximum absolute atomic E-state index is 5.61. The normalized spacial score (nSPS) is 11.1. The van der Waals surface area contributed by atoms with Crippen molar-refractivity contribution in [3.8, 4) is 0 Å². The zero-order valence-corrected chi connectivity index (χ0v) is 11.4. The number of rotatable bonds is 6. The van der Waals surface area contributed by atoms with Crippen LogP contribution in [0, 0.1) is 0 Å². The van der Waals surface area contributed by atoms with Gasteiger partial charge in [-0.3, -0.25) is 0 Å². The molecular formula is C14H17N5O. The molecule has 0 aliphatic heterocycles. The van der Waals surface area contributed by atoms with Crippen molar-refractivity contribution in [1.82, 2.24) is 24.7 Å². The zero-order chi connectivity index (χ0) is 13.8. The first-order chi connectivity index (χ1) is 9.86. The first-order valence-corrected chi connectivity index (χ1v) is 6.80. The maximum Gasteiger partial charge on any atom is 0.131 e. The minimum absolute atomic E-state index is 0.653. The van der Waals surface area contributed by atoms with Gasteiger partial charge in [0.1, 0.15) is 17.6 Å². The lowest BCUT2D eigenvalue weighted by Gasteiger charge is -2.06. The van der Waals surface area contributed by atoms with Crippen molar-refractivity contribution >= 4 is 11.0 Å². The van der Waals surface area contributed by atoms with E-state index in [0.717, 1.165) is 36.0 Å². The molecule has 0 aliphatic carbocycles. The van der Waals surface area contributed by atoms with Crippen molar-refractivity contribution in [2.45, 2.75) is 26.3 Å². The summed E-state index contributed by atoms with van der Waals surface area (Å²) >= 11 is 0. The third-order valence-corrected chi connectivity index (χ3v) is 3.12. The van der Waals surface area contributed by atoms with Gasteiger partial charge in [-0.15, -0.1) is 5.10 Å². The Morgan fingerprint density at radius 2 is 2.25 bits per heavy atom. The summed E-state index contributed by atoms with van der Waals surface area (Å²) in [5, 5.41) is 8.13. The number of imidazole rings is 1. The molecule has 0 amide bonds. The number of fused-ring (bicyclic) bond motifs is 1. The number of hydrogen-bond acceptors (Lipinski definition) is 4. The first-order valence-electron chi connectivity index (χ1n) is 6.80. The molecule has 104 valence electrons. The van der Waals surface area contributed by atoms with Gasteiger partial charge in [0.2, 0.25) is 0 Å². The molecule has 3 aromatic rings. The molecule has 6 heteroatoms. The van der Waals surface area contributed by atoms with Gasteiger partial charge in [-0.1, -0.05) is 24.3 Å². The lowest BCUT2D eigenvalue weighted by Crippen LogP contribution is -2.14. The largest absolute Gasteiger partial charge is 0.395 e. The van der Waals surface area contributed by atoms with Crippen LogP contribution in [0.5, 0.6) is 0 Å². The highest BCUT2D eigenvalue weighted by atomic mass is 16.7. The SMILES string of the molecule is CCCCOn1nnc2ccc(Cn3ccnc3)cc21. The lowest BCUT2D eigenvalue weighted by molar-refractivity contribution is 0.0853. The Labute approximate surface area is 116 Å². The van der Waals surface area contributed by atoms with Crippen LogP contribution in [0.25, 0.3) is 11.0 Å². The van der Waals surface area contributed by atoms with Crippen LogP contribution in [0.4, 0.5) is 0 Å². The highest BCUT2D eigenvalue weighted by Crippen LogP contribution is 2.14. The van der Waals surface area contributed by atoms with Crippen molar-refractivity contribution in [2.24, 2.45) is 0 Å². The predicted octanol–water partition coefficient (Wildman–Crippen LogP) is 1.90. The molecule has 0 bridgehead atoms. The second-order valence-corrected chi connectivity index (χ2v) is 4.71. The van der Waals surface area contributed by atoms with Crippen LogP contribution in [0.2, 0.25) is 0 Å². The Morgan fingerprint density at radius 3 is 3.05 bits per heavy atom. The maximum atomic E-state index is 5.61. The molecular weight excluding hydrogens is 254 g/mol. The van der Waals surface area contributed by atoms with E-state index in [9.17, 15) is 0 Å². The van der Waals surface area contributed by atoms with E-state index in [1.54, 1.807) is 12.5 Å². The van der Waals surface area contributed by atoms with E-state index in [-0.39, 0.29) is 0 Å². The van der Waals surface area contributed by atoms with Crippen molar-refractivity contribution in [1.29, 1.82) is 0 Å². The minimum Gasteiger partial charge on any atom is -0.395 e. The average molecular weight is 271 g/mol. The summed E-state index contributed by atoms with van der Waals surface area (Å²) in [4.78, 5) is 11.2. The molecule has 20 heavy (non-hydrogen) atoms. The fraction of sp³-hybridized carbons (Fsp3) is 0.357. The molecule has 0 radical (unpaired) electrons. The Bertz CT molecular complexity index is 674. The molecule has 6 nitrogen and oxygen atoms in total. The van der Waals surface area contributed by atoms with Crippen LogP contribution < -0.4 is 4.84 Å².